The molecule has 3 amide bonds. The average Bonchev–Trinajstić information content (AvgIpc) is 3.64. The first kappa shape index (κ1) is 35.7. The lowest BCUT2D eigenvalue weighted by Crippen LogP contribution is -2.59. The van der Waals surface area contributed by atoms with Crippen molar-refractivity contribution >= 4 is 40.9 Å². The zero-order valence-corrected chi connectivity index (χ0v) is 30.1. The third-order valence-corrected chi connectivity index (χ3v) is 12.8. The summed E-state index contributed by atoms with van der Waals surface area (Å²) in [4.78, 5) is 50.3. The van der Waals surface area contributed by atoms with E-state index in [1.54, 1.807) is 38.6 Å². The number of anilines is 2. The molecule has 9 heteroatoms. The number of likely N-dealkylation sites (tertiary alicyclic amines) is 1. The van der Waals surface area contributed by atoms with Crippen molar-refractivity contribution < 1.29 is 24.2 Å². The number of hydrogen-bond acceptors (Lipinski definition) is 6. The van der Waals surface area contributed by atoms with Gasteiger partial charge >= 0.3 is 0 Å². The highest BCUT2D eigenvalue weighted by atomic mass is 32.2. The van der Waals surface area contributed by atoms with E-state index in [-0.39, 0.29) is 43.3 Å². The molecule has 3 aliphatic heterocycles. The number of ether oxygens (including phenoxy) is 1. The number of aryl methyl sites for hydroxylation is 2. The summed E-state index contributed by atoms with van der Waals surface area (Å²) in [5, 5.41) is 10.8. The SMILES string of the molecule is C=CCN(C(=O)[C@H]1[C@H]2C(=O)N([C@@H](CO)[C@@H](C)CC)C(C(=O)N(CC=C)c3cc(C)ccc3C)C23CC[C@]1(C)S3)c1ccc(OCC)cc1. The molecule has 3 saturated heterocycles. The number of amides is 3. The van der Waals surface area contributed by atoms with Gasteiger partial charge < -0.3 is 24.5 Å². The van der Waals surface area contributed by atoms with Crippen LogP contribution in [0.2, 0.25) is 0 Å². The van der Waals surface area contributed by atoms with Crippen LogP contribution in [-0.2, 0) is 14.4 Å². The van der Waals surface area contributed by atoms with Gasteiger partial charge in [-0.15, -0.1) is 24.9 Å². The van der Waals surface area contributed by atoms with Gasteiger partial charge in [0.1, 0.15) is 11.8 Å². The molecule has 8 nitrogen and oxygen atoms in total. The molecule has 1 spiro atoms. The second-order valence-electron chi connectivity index (χ2n) is 13.8. The van der Waals surface area contributed by atoms with Gasteiger partial charge in [0.2, 0.25) is 11.8 Å². The minimum atomic E-state index is -0.857. The van der Waals surface area contributed by atoms with E-state index >= 15 is 9.59 Å². The van der Waals surface area contributed by atoms with E-state index < -0.39 is 33.4 Å². The van der Waals surface area contributed by atoms with Crippen molar-refractivity contribution in [1.29, 1.82) is 0 Å². The fourth-order valence-corrected chi connectivity index (χ4v) is 10.6. The van der Waals surface area contributed by atoms with Crippen LogP contribution in [0.25, 0.3) is 0 Å². The largest absolute Gasteiger partial charge is 0.494 e. The summed E-state index contributed by atoms with van der Waals surface area (Å²) in [5.41, 5.74) is 3.44. The zero-order chi connectivity index (χ0) is 35.0. The lowest BCUT2D eigenvalue weighted by Gasteiger charge is -2.41. The van der Waals surface area contributed by atoms with E-state index in [1.165, 1.54) is 0 Å². The van der Waals surface area contributed by atoms with Crippen LogP contribution in [0.1, 0.15) is 58.1 Å². The van der Waals surface area contributed by atoms with Crippen molar-refractivity contribution in [1.82, 2.24) is 4.90 Å². The van der Waals surface area contributed by atoms with Crippen LogP contribution < -0.4 is 14.5 Å². The minimum absolute atomic E-state index is 0.0638. The van der Waals surface area contributed by atoms with Crippen LogP contribution in [0.15, 0.2) is 67.8 Å². The van der Waals surface area contributed by atoms with Crippen molar-refractivity contribution in [3.05, 3.63) is 78.9 Å². The van der Waals surface area contributed by atoms with E-state index in [9.17, 15) is 9.90 Å². The maximum atomic E-state index is 15.2. The molecule has 0 aromatic heterocycles. The number of carbonyl (C=O) groups excluding carboxylic acids is 3. The molecule has 1 N–H and O–H groups in total. The summed E-state index contributed by atoms with van der Waals surface area (Å²) in [5.74, 6) is -1.30. The maximum absolute atomic E-state index is 15.2. The van der Waals surface area contributed by atoms with Crippen LogP contribution in [0.4, 0.5) is 11.4 Å². The summed E-state index contributed by atoms with van der Waals surface area (Å²) >= 11 is 1.65. The Hall–Kier alpha value is -3.56. The van der Waals surface area contributed by atoms with Gasteiger partial charge in [0.15, 0.2) is 0 Å². The first-order valence-electron chi connectivity index (χ1n) is 17.2. The Balaban J connectivity index is 1.64. The monoisotopic (exact) mass is 673 g/mol. The smallest absolute Gasteiger partial charge is 0.251 e. The number of carbonyl (C=O) groups is 3. The highest BCUT2D eigenvalue weighted by Gasteiger charge is 2.78. The number of aliphatic hydroxyl groups is 1. The summed E-state index contributed by atoms with van der Waals surface area (Å²) < 4.78 is 4.25. The lowest BCUT2D eigenvalue weighted by atomic mass is 9.66. The second kappa shape index (κ2) is 14.1. The molecule has 3 heterocycles. The standard InChI is InChI=1S/C39H51N3O5S/c1-9-21-40(28-15-17-29(18-16-28)47-12-4)35(44)32-33-36(45)42(31(24-43)26(6)11-3)34(39(33)20-19-38(32,8)48-39)37(46)41(22-10-2)30-23-25(5)13-14-27(30)7/h9-10,13-18,23,26,31-34,43H,1-2,11-12,19-22,24H2,3-8H3/t26-,31-,32+,33-,34?,38-,39?/m0/s1. The Morgan fingerprint density at radius 1 is 1.06 bits per heavy atom. The van der Waals surface area contributed by atoms with Crippen LogP contribution >= 0.6 is 11.8 Å². The Labute approximate surface area is 290 Å². The highest BCUT2D eigenvalue weighted by Crippen LogP contribution is 2.72. The van der Waals surface area contributed by atoms with Gasteiger partial charge in [0.05, 0.1) is 35.8 Å². The van der Waals surface area contributed by atoms with Crippen molar-refractivity contribution in [2.75, 3.05) is 36.1 Å². The molecule has 3 aliphatic rings. The quantitative estimate of drug-likeness (QED) is 0.236. The van der Waals surface area contributed by atoms with Gasteiger partial charge in [-0.1, -0.05) is 44.6 Å². The normalized spacial score (nSPS) is 26.9. The summed E-state index contributed by atoms with van der Waals surface area (Å²) in [6, 6.07) is 12.0. The highest BCUT2D eigenvalue weighted by molar-refractivity contribution is 8.02. The van der Waals surface area contributed by atoms with Crippen LogP contribution in [0.3, 0.4) is 0 Å². The van der Waals surface area contributed by atoms with Crippen LogP contribution in [-0.4, -0.2) is 75.6 Å². The van der Waals surface area contributed by atoms with E-state index in [1.807, 2.05) is 77.1 Å². The van der Waals surface area contributed by atoms with Gasteiger partial charge in [-0.25, -0.2) is 0 Å². The first-order valence-corrected chi connectivity index (χ1v) is 18.0. The molecular formula is C39H51N3O5S. The molecule has 7 atom stereocenters. The zero-order valence-electron chi connectivity index (χ0n) is 29.3. The fraction of sp³-hybridized carbons (Fsp3) is 0.513. The second-order valence-corrected chi connectivity index (χ2v) is 15.7. The molecule has 0 saturated carbocycles. The molecule has 2 bridgehead atoms. The van der Waals surface area contributed by atoms with Crippen molar-refractivity contribution in [3.8, 4) is 5.75 Å². The Morgan fingerprint density at radius 2 is 1.73 bits per heavy atom. The fourth-order valence-electron chi connectivity index (χ4n) is 8.29. The number of nitrogens with zero attached hydrogens (tertiary/aromatic N) is 3. The van der Waals surface area contributed by atoms with E-state index in [0.717, 1.165) is 23.2 Å². The molecular weight excluding hydrogens is 623 g/mol. The topological polar surface area (TPSA) is 90.4 Å². The van der Waals surface area contributed by atoms with E-state index in [2.05, 4.69) is 20.1 Å². The Morgan fingerprint density at radius 3 is 2.33 bits per heavy atom. The van der Waals surface area contributed by atoms with Crippen molar-refractivity contribution in [2.45, 2.75) is 82.4 Å². The molecule has 0 radical (unpaired) electrons. The number of aliphatic hydroxyl groups excluding tert-OH is 1. The molecule has 48 heavy (non-hydrogen) atoms. The third-order valence-electron chi connectivity index (χ3n) is 10.8. The lowest BCUT2D eigenvalue weighted by molar-refractivity contribution is -0.143. The van der Waals surface area contributed by atoms with Gasteiger partial charge in [-0.05, 0) is 87.9 Å². The van der Waals surface area contributed by atoms with Crippen LogP contribution in [0.5, 0.6) is 5.75 Å². The molecule has 5 rings (SSSR count). The molecule has 3 fully saturated rings. The number of rotatable bonds is 14. The number of hydrogen-bond donors (Lipinski definition) is 1. The summed E-state index contributed by atoms with van der Waals surface area (Å²) in [6.07, 6.45) is 5.45. The molecule has 0 aliphatic carbocycles. The minimum Gasteiger partial charge on any atom is -0.494 e. The predicted octanol–water partition coefficient (Wildman–Crippen LogP) is 6.33. The summed E-state index contributed by atoms with van der Waals surface area (Å²) in [7, 11) is 0. The average molecular weight is 674 g/mol. The van der Waals surface area contributed by atoms with Gasteiger partial charge in [-0.2, -0.15) is 0 Å². The maximum Gasteiger partial charge on any atom is 0.251 e. The third kappa shape index (κ3) is 5.87. The number of benzene rings is 2. The van der Waals surface area contributed by atoms with Gasteiger partial charge in [-0.3, -0.25) is 14.4 Å². The van der Waals surface area contributed by atoms with Crippen molar-refractivity contribution in [3.63, 3.8) is 0 Å². The Bertz CT molecular complexity index is 1560. The Kier molecular flexibility index (Phi) is 10.5. The van der Waals surface area contributed by atoms with E-state index in [0.29, 0.717) is 30.9 Å². The van der Waals surface area contributed by atoms with Gasteiger partial charge in [0.25, 0.3) is 5.91 Å². The van der Waals surface area contributed by atoms with E-state index in [4.69, 9.17) is 4.74 Å². The number of fused-ring (bicyclic) bond motifs is 1. The predicted molar refractivity (Wildman–Crippen MR) is 195 cm³/mol. The summed E-state index contributed by atoms with van der Waals surface area (Å²) in [6.45, 7) is 20.7. The number of thioether (sulfide) groups is 1. The van der Waals surface area contributed by atoms with Crippen molar-refractivity contribution in [2.24, 2.45) is 17.8 Å². The molecule has 2 aromatic carbocycles. The first-order chi connectivity index (χ1) is 22.9. The van der Waals surface area contributed by atoms with Gasteiger partial charge in [0, 0.05) is 29.2 Å². The molecule has 258 valence electrons. The molecule has 2 unspecified atom stereocenters. The van der Waals surface area contributed by atoms with Crippen LogP contribution in [0, 0.1) is 31.6 Å². The molecule has 2 aromatic rings.